The number of para-hydroxylation sites is 2. The molecule has 0 heterocycles. The maximum Gasteiger partial charge on any atom is 0.170 e. The van der Waals surface area contributed by atoms with Crippen LogP contribution in [0.2, 0.25) is 0 Å². The number of nitrogens with two attached hydrogens (primary N) is 2. The van der Waals surface area contributed by atoms with Gasteiger partial charge in [0.15, 0.2) is 11.5 Å². The molecule has 1 atom stereocenters. The maximum atomic E-state index is 6.29. The predicted octanol–water partition coefficient (Wildman–Crippen LogP) is 5.43. The van der Waals surface area contributed by atoms with E-state index in [-0.39, 0.29) is 18.4 Å². The van der Waals surface area contributed by atoms with Gasteiger partial charge < -0.3 is 20.9 Å². The largest absolute Gasteiger partial charge is 0.453 e. The van der Waals surface area contributed by atoms with Crippen LogP contribution in [0.4, 0.5) is 0 Å². The Bertz CT molecular complexity index is 813. The van der Waals surface area contributed by atoms with Crippen molar-refractivity contribution in [2.45, 2.75) is 18.9 Å². The Labute approximate surface area is 166 Å². The van der Waals surface area contributed by atoms with E-state index in [1.165, 1.54) is 0 Å². The third kappa shape index (κ3) is 6.00. The molecule has 0 aliphatic carbocycles. The van der Waals surface area contributed by atoms with Crippen LogP contribution in [0, 0.1) is 0 Å². The van der Waals surface area contributed by atoms with E-state index in [1.807, 2.05) is 78.9 Å². The van der Waals surface area contributed by atoms with Crippen molar-refractivity contribution in [2.24, 2.45) is 11.5 Å². The smallest absolute Gasteiger partial charge is 0.170 e. The van der Waals surface area contributed by atoms with E-state index >= 15 is 0 Å². The Kier molecular flexibility index (Phi) is 8.14. The molecule has 27 heavy (non-hydrogen) atoms. The summed E-state index contributed by atoms with van der Waals surface area (Å²) in [4.78, 5) is 0. The second-order valence-electron chi connectivity index (χ2n) is 6.07. The molecule has 4 N–H and O–H groups in total. The number of halogens is 1. The van der Waals surface area contributed by atoms with Crippen molar-refractivity contribution in [2.75, 3.05) is 6.54 Å². The zero-order valence-electron chi connectivity index (χ0n) is 15.1. The topological polar surface area (TPSA) is 70.5 Å². The highest BCUT2D eigenvalue weighted by atomic mass is 35.5. The summed E-state index contributed by atoms with van der Waals surface area (Å²) in [5, 5.41) is 0. The van der Waals surface area contributed by atoms with Gasteiger partial charge in [-0.3, -0.25) is 0 Å². The van der Waals surface area contributed by atoms with Gasteiger partial charge in [0.25, 0.3) is 0 Å². The molecule has 0 saturated heterocycles. The second-order valence-corrected chi connectivity index (χ2v) is 6.07. The van der Waals surface area contributed by atoms with E-state index in [0.717, 1.165) is 29.9 Å². The number of ether oxygens (including phenoxy) is 2. The maximum absolute atomic E-state index is 6.29. The van der Waals surface area contributed by atoms with Crippen molar-refractivity contribution in [1.82, 2.24) is 0 Å². The molecule has 3 aromatic carbocycles. The Morgan fingerprint density at radius 1 is 0.741 bits per heavy atom. The first-order valence-corrected chi connectivity index (χ1v) is 8.81. The van der Waals surface area contributed by atoms with E-state index in [1.54, 1.807) is 0 Å². The Morgan fingerprint density at radius 3 is 1.85 bits per heavy atom. The normalized spacial score (nSPS) is 11.3. The van der Waals surface area contributed by atoms with Gasteiger partial charge in [-0.25, -0.2) is 0 Å². The quantitative estimate of drug-likeness (QED) is 0.543. The summed E-state index contributed by atoms with van der Waals surface area (Å²) in [6, 6.07) is 25.0. The molecule has 0 fully saturated rings. The zero-order valence-corrected chi connectivity index (χ0v) is 15.9. The number of benzene rings is 3. The van der Waals surface area contributed by atoms with Crippen LogP contribution in [0.25, 0.3) is 0 Å². The fraction of sp³-hybridized carbons (Fsp3) is 0.182. The van der Waals surface area contributed by atoms with Crippen LogP contribution in [-0.2, 0) is 0 Å². The van der Waals surface area contributed by atoms with Crippen molar-refractivity contribution in [1.29, 1.82) is 0 Å². The number of hydrogen-bond acceptors (Lipinski definition) is 4. The molecule has 0 aliphatic heterocycles. The van der Waals surface area contributed by atoms with Crippen LogP contribution in [0.3, 0.4) is 0 Å². The minimum atomic E-state index is -0.0811. The van der Waals surface area contributed by atoms with Gasteiger partial charge in [0.05, 0.1) is 0 Å². The minimum absolute atomic E-state index is 0. The van der Waals surface area contributed by atoms with E-state index in [2.05, 4.69) is 0 Å². The lowest BCUT2D eigenvalue weighted by atomic mass is 10.0. The van der Waals surface area contributed by atoms with Gasteiger partial charge in [-0.2, -0.15) is 0 Å². The van der Waals surface area contributed by atoms with Gasteiger partial charge in [-0.1, -0.05) is 42.5 Å². The molecule has 3 rings (SSSR count). The lowest BCUT2D eigenvalue weighted by Crippen LogP contribution is -2.12. The van der Waals surface area contributed by atoms with E-state index in [9.17, 15) is 0 Å². The molecular weight excluding hydrogens is 360 g/mol. The van der Waals surface area contributed by atoms with Gasteiger partial charge in [0.2, 0.25) is 0 Å². The molecule has 0 spiro atoms. The van der Waals surface area contributed by atoms with Crippen LogP contribution in [0.15, 0.2) is 78.9 Å². The van der Waals surface area contributed by atoms with Crippen LogP contribution in [0.5, 0.6) is 23.0 Å². The fourth-order valence-electron chi connectivity index (χ4n) is 2.65. The highest BCUT2D eigenvalue weighted by molar-refractivity contribution is 5.85. The van der Waals surface area contributed by atoms with Gasteiger partial charge in [0, 0.05) is 6.04 Å². The number of hydrogen-bond donors (Lipinski definition) is 2. The van der Waals surface area contributed by atoms with Crippen molar-refractivity contribution in [3.63, 3.8) is 0 Å². The molecule has 0 radical (unpaired) electrons. The van der Waals surface area contributed by atoms with Crippen molar-refractivity contribution >= 4 is 12.4 Å². The molecule has 142 valence electrons. The SMILES string of the molecule is Cl.NCCC[C@H](N)c1ccc(Oc2ccccc2)c(Oc2ccccc2)c1. The molecular formula is C22H25ClN2O2. The van der Waals surface area contributed by atoms with E-state index < -0.39 is 0 Å². The van der Waals surface area contributed by atoms with Crippen molar-refractivity contribution in [3.8, 4) is 23.0 Å². The van der Waals surface area contributed by atoms with Gasteiger partial charge in [-0.05, 0) is 61.3 Å². The summed E-state index contributed by atoms with van der Waals surface area (Å²) in [6.45, 7) is 0.635. The summed E-state index contributed by atoms with van der Waals surface area (Å²) < 4.78 is 12.1. The van der Waals surface area contributed by atoms with E-state index in [4.69, 9.17) is 20.9 Å². The van der Waals surface area contributed by atoms with Crippen molar-refractivity contribution in [3.05, 3.63) is 84.4 Å². The van der Waals surface area contributed by atoms with Crippen molar-refractivity contribution < 1.29 is 9.47 Å². The molecule has 5 heteroatoms. The number of rotatable bonds is 8. The Balaban J connectivity index is 0.00000261. The summed E-state index contributed by atoms with van der Waals surface area (Å²) in [5.41, 5.74) is 12.9. The molecule has 0 amide bonds. The third-order valence-electron chi connectivity index (χ3n) is 4.06. The standard InChI is InChI=1S/C22H24N2O2.ClH/c23-15-7-12-20(24)17-13-14-21(25-18-8-3-1-4-9-18)22(16-17)26-19-10-5-2-6-11-19;/h1-6,8-11,13-14,16,20H,7,12,15,23-24H2;1H/t20-;/m0./s1. The summed E-state index contributed by atoms with van der Waals surface area (Å²) in [5.74, 6) is 2.79. The zero-order chi connectivity index (χ0) is 18.2. The van der Waals surface area contributed by atoms with Gasteiger partial charge in [-0.15, -0.1) is 12.4 Å². The minimum Gasteiger partial charge on any atom is -0.453 e. The highest BCUT2D eigenvalue weighted by Crippen LogP contribution is 2.37. The third-order valence-corrected chi connectivity index (χ3v) is 4.06. The first-order valence-electron chi connectivity index (χ1n) is 8.81. The lowest BCUT2D eigenvalue weighted by Gasteiger charge is -2.17. The van der Waals surface area contributed by atoms with E-state index in [0.29, 0.717) is 18.0 Å². The fourth-order valence-corrected chi connectivity index (χ4v) is 2.65. The summed E-state index contributed by atoms with van der Waals surface area (Å²) in [6.07, 6.45) is 1.72. The van der Waals surface area contributed by atoms with Crippen LogP contribution < -0.4 is 20.9 Å². The van der Waals surface area contributed by atoms with Crippen LogP contribution >= 0.6 is 12.4 Å². The Hall–Kier alpha value is -2.53. The molecule has 3 aromatic rings. The predicted molar refractivity (Wildman–Crippen MR) is 112 cm³/mol. The van der Waals surface area contributed by atoms with Gasteiger partial charge >= 0.3 is 0 Å². The summed E-state index contributed by atoms with van der Waals surface area (Å²) in [7, 11) is 0. The first-order chi connectivity index (χ1) is 12.8. The van der Waals surface area contributed by atoms with Gasteiger partial charge in [0.1, 0.15) is 11.5 Å². The monoisotopic (exact) mass is 384 g/mol. The average Bonchev–Trinajstić information content (AvgIpc) is 2.69. The highest BCUT2D eigenvalue weighted by Gasteiger charge is 2.13. The summed E-state index contributed by atoms with van der Waals surface area (Å²) >= 11 is 0. The molecule has 0 bridgehead atoms. The average molecular weight is 385 g/mol. The molecule has 0 unspecified atom stereocenters. The second kappa shape index (κ2) is 10.6. The molecule has 0 aromatic heterocycles. The molecule has 0 saturated carbocycles. The Morgan fingerprint density at radius 2 is 1.30 bits per heavy atom. The first kappa shape index (κ1) is 20.8. The molecule has 4 nitrogen and oxygen atoms in total. The molecule has 0 aliphatic rings. The lowest BCUT2D eigenvalue weighted by molar-refractivity contribution is 0.417. The van der Waals surface area contributed by atoms with Crippen LogP contribution in [0.1, 0.15) is 24.4 Å². The van der Waals surface area contributed by atoms with Crippen LogP contribution in [-0.4, -0.2) is 6.54 Å².